The lowest BCUT2D eigenvalue weighted by molar-refractivity contribution is 0.0588. The van der Waals surface area contributed by atoms with Gasteiger partial charge in [-0.25, -0.2) is 8.78 Å². The van der Waals surface area contributed by atoms with E-state index < -0.39 is 0 Å². The Labute approximate surface area is 203 Å². The van der Waals surface area contributed by atoms with E-state index in [-0.39, 0.29) is 35.3 Å². The van der Waals surface area contributed by atoms with Gasteiger partial charge in [0, 0.05) is 19.6 Å². The number of ether oxygens (including phenoxy) is 1. The van der Waals surface area contributed by atoms with Crippen LogP contribution >= 0.6 is 11.3 Å². The van der Waals surface area contributed by atoms with Crippen molar-refractivity contribution < 1.29 is 18.3 Å². The topological polar surface area (TPSA) is 32.8 Å². The molecule has 4 nitrogen and oxygen atoms in total. The molecule has 2 heterocycles. The van der Waals surface area contributed by atoms with Gasteiger partial charge in [-0.1, -0.05) is 30.3 Å². The van der Waals surface area contributed by atoms with E-state index >= 15 is 0 Å². The van der Waals surface area contributed by atoms with Crippen molar-refractivity contribution in [3.8, 4) is 5.75 Å². The van der Waals surface area contributed by atoms with Gasteiger partial charge in [-0.05, 0) is 79.0 Å². The molecule has 1 aliphatic rings. The lowest BCUT2D eigenvalue weighted by Gasteiger charge is -2.40. The van der Waals surface area contributed by atoms with Crippen molar-refractivity contribution >= 4 is 17.2 Å². The molecule has 2 aromatic carbocycles. The molecule has 1 atom stereocenters. The van der Waals surface area contributed by atoms with Crippen LogP contribution in [-0.2, 0) is 13.0 Å². The van der Waals surface area contributed by atoms with E-state index in [4.69, 9.17) is 4.74 Å². The molecule has 0 bridgehead atoms. The van der Waals surface area contributed by atoms with E-state index in [9.17, 15) is 13.6 Å². The Kier molecular flexibility index (Phi) is 7.95. The normalized spacial score (nSPS) is 15.8. The number of carbonyl (C=O) groups excluding carboxylic acids is 1. The molecule has 180 valence electrons. The number of amides is 1. The van der Waals surface area contributed by atoms with E-state index in [0.717, 1.165) is 31.5 Å². The third-order valence-electron chi connectivity index (χ3n) is 6.73. The summed E-state index contributed by atoms with van der Waals surface area (Å²) >= 11 is 1.43. The monoisotopic (exact) mass is 484 g/mol. The smallest absolute Gasteiger partial charge is 0.263 e. The predicted octanol–water partition coefficient (Wildman–Crippen LogP) is 5.63. The molecule has 0 aliphatic carbocycles. The number of methoxy groups -OCH3 is 1. The highest BCUT2D eigenvalue weighted by Gasteiger charge is 2.32. The van der Waals surface area contributed by atoms with E-state index in [1.165, 1.54) is 30.6 Å². The van der Waals surface area contributed by atoms with Crippen molar-refractivity contribution in [2.75, 3.05) is 27.2 Å². The Hall–Kier alpha value is -2.77. The summed E-state index contributed by atoms with van der Waals surface area (Å²) in [5.41, 5.74) is 1.64. The third kappa shape index (κ3) is 5.65. The second-order valence-electron chi connectivity index (χ2n) is 8.84. The van der Waals surface area contributed by atoms with Crippen LogP contribution < -0.4 is 4.74 Å². The SMILES string of the molecule is COc1cc(CN2CCC(C(Cc3ccccc3F)N(C)C(=O)c3cccs3)CC2)ccc1F. The van der Waals surface area contributed by atoms with Gasteiger partial charge >= 0.3 is 0 Å². The van der Waals surface area contributed by atoms with E-state index in [2.05, 4.69) is 4.90 Å². The summed E-state index contributed by atoms with van der Waals surface area (Å²) in [6.45, 7) is 2.43. The van der Waals surface area contributed by atoms with Gasteiger partial charge in [-0.15, -0.1) is 11.3 Å². The zero-order valence-corrected chi connectivity index (χ0v) is 20.4. The number of hydrogen-bond acceptors (Lipinski definition) is 4. The number of likely N-dealkylation sites (N-methyl/N-ethyl adjacent to an activating group) is 1. The zero-order valence-electron chi connectivity index (χ0n) is 19.5. The molecule has 1 saturated heterocycles. The van der Waals surface area contributed by atoms with E-state index in [1.807, 2.05) is 41.6 Å². The largest absolute Gasteiger partial charge is 0.494 e. The molecule has 1 amide bonds. The van der Waals surface area contributed by atoms with Gasteiger partial charge in [0.1, 0.15) is 5.82 Å². The third-order valence-corrected chi connectivity index (χ3v) is 7.59. The van der Waals surface area contributed by atoms with Gasteiger partial charge in [0.15, 0.2) is 11.6 Å². The number of halogens is 2. The van der Waals surface area contributed by atoms with Crippen LogP contribution in [0.4, 0.5) is 8.78 Å². The molecular formula is C27H30F2N2O2S. The summed E-state index contributed by atoms with van der Waals surface area (Å²) in [6, 6.07) is 15.4. The van der Waals surface area contributed by atoms with Crippen LogP contribution in [0.25, 0.3) is 0 Å². The van der Waals surface area contributed by atoms with Crippen molar-refractivity contribution in [2.45, 2.75) is 31.8 Å². The molecule has 4 rings (SSSR count). The maximum atomic E-state index is 14.5. The first-order chi connectivity index (χ1) is 16.5. The molecule has 34 heavy (non-hydrogen) atoms. The minimum absolute atomic E-state index is 0.0165. The average Bonchev–Trinajstić information content (AvgIpc) is 3.39. The van der Waals surface area contributed by atoms with Crippen molar-refractivity contribution in [1.29, 1.82) is 0 Å². The fourth-order valence-electron chi connectivity index (χ4n) is 4.79. The van der Waals surface area contributed by atoms with Crippen LogP contribution in [0.5, 0.6) is 5.75 Å². The van der Waals surface area contributed by atoms with Crippen LogP contribution in [-0.4, -0.2) is 49.0 Å². The Bertz CT molecular complexity index is 1100. The lowest BCUT2D eigenvalue weighted by Crippen LogP contribution is -2.47. The maximum Gasteiger partial charge on any atom is 0.263 e. The van der Waals surface area contributed by atoms with Crippen molar-refractivity contribution in [3.05, 3.63) is 87.6 Å². The minimum Gasteiger partial charge on any atom is -0.494 e. The summed E-state index contributed by atoms with van der Waals surface area (Å²) in [4.78, 5) is 18.0. The first kappa shape index (κ1) is 24.4. The maximum absolute atomic E-state index is 14.5. The summed E-state index contributed by atoms with van der Waals surface area (Å²) in [7, 11) is 3.31. The van der Waals surface area contributed by atoms with Gasteiger partial charge in [0.05, 0.1) is 12.0 Å². The fourth-order valence-corrected chi connectivity index (χ4v) is 5.50. The predicted molar refractivity (Wildman–Crippen MR) is 131 cm³/mol. The summed E-state index contributed by atoms with van der Waals surface area (Å²) < 4.78 is 33.4. The van der Waals surface area contributed by atoms with Crippen molar-refractivity contribution in [3.63, 3.8) is 0 Å². The number of rotatable bonds is 8. The quantitative estimate of drug-likeness (QED) is 0.415. The second-order valence-corrected chi connectivity index (χ2v) is 9.79. The van der Waals surface area contributed by atoms with E-state index in [1.54, 1.807) is 18.2 Å². The van der Waals surface area contributed by atoms with Gasteiger partial charge in [-0.2, -0.15) is 0 Å². The van der Waals surface area contributed by atoms with Gasteiger partial charge in [0.25, 0.3) is 5.91 Å². The van der Waals surface area contributed by atoms with Gasteiger partial charge < -0.3 is 9.64 Å². The van der Waals surface area contributed by atoms with Gasteiger partial charge in [-0.3, -0.25) is 9.69 Å². The van der Waals surface area contributed by atoms with Crippen LogP contribution in [0, 0.1) is 17.6 Å². The zero-order chi connectivity index (χ0) is 24.1. The Morgan fingerprint density at radius 1 is 1.12 bits per heavy atom. The van der Waals surface area contributed by atoms with Crippen LogP contribution in [0.1, 0.15) is 33.6 Å². The highest BCUT2D eigenvalue weighted by molar-refractivity contribution is 7.12. The number of carbonyl (C=O) groups is 1. The lowest BCUT2D eigenvalue weighted by atomic mass is 9.84. The molecule has 1 aliphatic heterocycles. The second kappa shape index (κ2) is 11.1. The highest BCUT2D eigenvalue weighted by atomic mass is 32.1. The van der Waals surface area contributed by atoms with Crippen LogP contribution in [0.3, 0.4) is 0 Å². The van der Waals surface area contributed by atoms with E-state index in [0.29, 0.717) is 23.4 Å². The number of hydrogen-bond donors (Lipinski definition) is 0. The number of nitrogens with zero attached hydrogens (tertiary/aromatic N) is 2. The molecule has 0 spiro atoms. The minimum atomic E-state index is -0.362. The number of piperidine rings is 1. The van der Waals surface area contributed by atoms with Crippen molar-refractivity contribution in [1.82, 2.24) is 9.80 Å². The number of benzene rings is 2. The number of likely N-dealkylation sites (tertiary alicyclic amines) is 1. The molecule has 0 radical (unpaired) electrons. The summed E-state index contributed by atoms with van der Waals surface area (Å²) in [5.74, 6) is -0.0951. The number of thiophene rings is 1. The molecule has 1 unspecified atom stereocenters. The first-order valence-electron chi connectivity index (χ1n) is 11.5. The molecule has 7 heteroatoms. The molecule has 0 saturated carbocycles. The molecule has 1 fully saturated rings. The highest BCUT2D eigenvalue weighted by Crippen LogP contribution is 2.29. The molecule has 1 aromatic heterocycles. The Balaban J connectivity index is 1.46. The molecular weight excluding hydrogens is 454 g/mol. The average molecular weight is 485 g/mol. The molecule has 3 aromatic rings. The molecule has 0 N–H and O–H groups in total. The summed E-state index contributed by atoms with van der Waals surface area (Å²) in [5, 5.41) is 1.90. The standard InChI is InChI=1S/C27H30F2N2O2S/c1-30(27(32)26-8-5-15-34-26)24(17-21-6-3-4-7-22(21)28)20-11-13-31(14-12-20)18-19-9-10-23(29)25(16-19)33-2/h3-10,15-16,20,24H,11-14,17-18H2,1-2H3. The first-order valence-corrected chi connectivity index (χ1v) is 12.4. The Morgan fingerprint density at radius 2 is 1.88 bits per heavy atom. The van der Waals surface area contributed by atoms with Crippen molar-refractivity contribution in [2.24, 2.45) is 5.92 Å². The fraction of sp³-hybridized carbons (Fsp3) is 0.370. The van der Waals surface area contributed by atoms with Gasteiger partial charge in [0.2, 0.25) is 0 Å². The van der Waals surface area contributed by atoms with Crippen LogP contribution in [0.15, 0.2) is 60.0 Å². The van der Waals surface area contributed by atoms with Crippen LogP contribution in [0.2, 0.25) is 0 Å². The summed E-state index contributed by atoms with van der Waals surface area (Å²) in [6.07, 6.45) is 2.29. The Morgan fingerprint density at radius 3 is 2.56 bits per heavy atom.